The summed E-state index contributed by atoms with van der Waals surface area (Å²) in [5.74, 6) is 0.857. The molecule has 4 rings (SSSR count). The fourth-order valence-electron chi connectivity index (χ4n) is 3.95. The first-order chi connectivity index (χ1) is 12.6. The van der Waals surface area contributed by atoms with Crippen LogP contribution in [0, 0.1) is 5.82 Å². The average molecular weight is 357 g/mol. The van der Waals surface area contributed by atoms with Crippen LogP contribution in [-0.2, 0) is 17.8 Å². The normalized spacial score (nSPS) is 19.0. The number of aryl methyl sites for hydroxylation is 1. The lowest BCUT2D eigenvalue weighted by atomic mass is 9.98. The van der Waals surface area contributed by atoms with Crippen LogP contribution in [0.25, 0.3) is 11.4 Å². The zero-order valence-electron chi connectivity index (χ0n) is 14.8. The van der Waals surface area contributed by atoms with E-state index in [4.69, 9.17) is 5.73 Å². The molecule has 2 heterocycles. The molecule has 6 nitrogen and oxygen atoms in total. The second kappa shape index (κ2) is 6.79. The van der Waals surface area contributed by atoms with Crippen molar-refractivity contribution in [3.63, 3.8) is 0 Å². The standard InChI is InChI=1S/C19H24FN5O/c20-15-8-7-13(22-18(26)19(21)9-3-4-10-19)12-14(15)17-24-23-16-6-2-1-5-11-25(16)17/h7-8,12H,1-6,9-11,21H2,(H,22,26). The molecule has 0 unspecified atom stereocenters. The molecule has 1 aromatic heterocycles. The molecular weight excluding hydrogens is 333 g/mol. The summed E-state index contributed by atoms with van der Waals surface area (Å²) in [6.45, 7) is 0.791. The number of nitrogens with two attached hydrogens (primary N) is 1. The Balaban J connectivity index is 1.63. The van der Waals surface area contributed by atoms with Gasteiger partial charge in [0.25, 0.3) is 0 Å². The van der Waals surface area contributed by atoms with Crippen molar-refractivity contribution >= 4 is 11.6 Å². The Morgan fingerprint density at radius 1 is 1.15 bits per heavy atom. The van der Waals surface area contributed by atoms with E-state index in [2.05, 4.69) is 15.5 Å². The number of fused-ring (bicyclic) bond motifs is 1. The molecule has 1 aliphatic carbocycles. The van der Waals surface area contributed by atoms with Crippen LogP contribution in [0.2, 0.25) is 0 Å². The topological polar surface area (TPSA) is 85.8 Å². The number of hydrogen-bond acceptors (Lipinski definition) is 4. The Hall–Kier alpha value is -2.28. The lowest BCUT2D eigenvalue weighted by Gasteiger charge is -2.22. The lowest BCUT2D eigenvalue weighted by molar-refractivity contribution is -0.121. The van der Waals surface area contributed by atoms with Crippen LogP contribution in [0.15, 0.2) is 18.2 Å². The van der Waals surface area contributed by atoms with E-state index in [-0.39, 0.29) is 11.7 Å². The van der Waals surface area contributed by atoms with E-state index in [0.717, 1.165) is 50.9 Å². The number of amides is 1. The van der Waals surface area contributed by atoms with Crippen molar-refractivity contribution in [2.24, 2.45) is 5.73 Å². The number of nitrogens with one attached hydrogen (secondary N) is 1. The Bertz CT molecular complexity index is 825. The second-order valence-corrected chi connectivity index (χ2v) is 7.41. The second-order valence-electron chi connectivity index (χ2n) is 7.41. The van der Waals surface area contributed by atoms with Crippen molar-refractivity contribution in [3.05, 3.63) is 29.8 Å². The third-order valence-electron chi connectivity index (χ3n) is 5.52. The summed E-state index contributed by atoms with van der Waals surface area (Å²) in [5, 5.41) is 11.3. The van der Waals surface area contributed by atoms with Gasteiger partial charge in [-0.3, -0.25) is 4.79 Å². The molecule has 2 aliphatic rings. The van der Waals surface area contributed by atoms with E-state index in [1.54, 1.807) is 12.1 Å². The van der Waals surface area contributed by atoms with E-state index < -0.39 is 5.54 Å². The third kappa shape index (κ3) is 3.11. The number of aromatic nitrogens is 3. The van der Waals surface area contributed by atoms with Gasteiger partial charge in [-0.05, 0) is 43.9 Å². The molecule has 0 saturated heterocycles. The molecular formula is C19H24FN5O. The molecule has 138 valence electrons. The molecule has 0 spiro atoms. The molecule has 1 saturated carbocycles. The fraction of sp³-hybridized carbons (Fsp3) is 0.526. The maximum Gasteiger partial charge on any atom is 0.244 e. The van der Waals surface area contributed by atoms with Crippen molar-refractivity contribution in [2.45, 2.75) is 63.5 Å². The van der Waals surface area contributed by atoms with E-state index in [1.165, 1.54) is 6.07 Å². The molecule has 1 aliphatic heterocycles. The van der Waals surface area contributed by atoms with Crippen LogP contribution < -0.4 is 11.1 Å². The highest BCUT2D eigenvalue weighted by Gasteiger charge is 2.37. The molecule has 1 aromatic carbocycles. The van der Waals surface area contributed by atoms with Gasteiger partial charge >= 0.3 is 0 Å². The predicted octanol–water partition coefficient (Wildman–Crippen LogP) is 3.02. The largest absolute Gasteiger partial charge is 0.324 e. The van der Waals surface area contributed by atoms with Gasteiger partial charge < -0.3 is 15.6 Å². The fourth-order valence-corrected chi connectivity index (χ4v) is 3.95. The number of carbonyl (C=O) groups is 1. The van der Waals surface area contributed by atoms with E-state index in [1.807, 2.05) is 4.57 Å². The summed E-state index contributed by atoms with van der Waals surface area (Å²) in [7, 11) is 0. The number of carbonyl (C=O) groups excluding carboxylic acids is 1. The highest BCUT2D eigenvalue weighted by molar-refractivity contribution is 5.98. The first-order valence-electron chi connectivity index (χ1n) is 9.39. The van der Waals surface area contributed by atoms with Crippen molar-refractivity contribution < 1.29 is 9.18 Å². The Kier molecular flexibility index (Phi) is 4.48. The van der Waals surface area contributed by atoms with Crippen LogP contribution in [0.4, 0.5) is 10.1 Å². The Labute approximate surface area is 152 Å². The highest BCUT2D eigenvalue weighted by Crippen LogP contribution is 2.30. The van der Waals surface area contributed by atoms with Gasteiger partial charge in [-0.2, -0.15) is 0 Å². The van der Waals surface area contributed by atoms with Gasteiger partial charge in [-0.1, -0.05) is 19.3 Å². The minimum atomic E-state index is -0.819. The first kappa shape index (κ1) is 17.1. The monoisotopic (exact) mass is 357 g/mol. The summed E-state index contributed by atoms with van der Waals surface area (Å²) in [4.78, 5) is 12.5. The summed E-state index contributed by atoms with van der Waals surface area (Å²) < 4.78 is 16.5. The van der Waals surface area contributed by atoms with Gasteiger partial charge in [0.1, 0.15) is 11.6 Å². The van der Waals surface area contributed by atoms with Crippen molar-refractivity contribution in [1.82, 2.24) is 14.8 Å². The van der Waals surface area contributed by atoms with Crippen molar-refractivity contribution in [3.8, 4) is 11.4 Å². The summed E-state index contributed by atoms with van der Waals surface area (Å²) >= 11 is 0. The van der Waals surface area contributed by atoms with Gasteiger partial charge in [0.2, 0.25) is 5.91 Å². The van der Waals surface area contributed by atoms with Crippen LogP contribution >= 0.6 is 0 Å². The average Bonchev–Trinajstić information content (AvgIpc) is 3.17. The third-order valence-corrected chi connectivity index (χ3v) is 5.52. The van der Waals surface area contributed by atoms with Crippen LogP contribution in [-0.4, -0.2) is 26.2 Å². The van der Waals surface area contributed by atoms with Crippen LogP contribution in [0.5, 0.6) is 0 Å². The molecule has 2 aromatic rings. The molecule has 26 heavy (non-hydrogen) atoms. The highest BCUT2D eigenvalue weighted by atomic mass is 19.1. The van der Waals surface area contributed by atoms with Crippen molar-refractivity contribution in [1.29, 1.82) is 0 Å². The van der Waals surface area contributed by atoms with Crippen molar-refractivity contribution in [2.75, 3.05) is 5.32 Å². The number of rotatable bonds is 3. The zero-order chi connectivity index (χ0) is 18.1. The molecule has 3 N–H and O–H groups in total. The number of nitrogens with zero attached hydrogens (tertiary/aromatic N) is 3. The number of hydrogen-bond donors (Lipinski definition) is 2. The van der Waals surface area contributed by atoms with Gasteiger partial charge in [0.05, 0.1) is 11.1 Å². The van der Waals surface area contributed by atoms with Crippen LogP contribution in [0.3, 0.4) is 0 Å². The van der Waals surface area contributed by atoms with Gasteiger partial charge in [0, 0.05) is 18.7 Å². The zero-order valence-corrected chi connectivity index (χ0v) is 14.8. The number of benzene rings is 1. The van der Waals surface area contributed by atoms with Gasteiger partial charge in [-0.15, -0.1) is 10.2 Å². The Morgan fingerprint density at radius 2 is 1.96 bits per heavy atom. The van der Waals surface area contributed by atoms with Gasteiger partial charge in [-0.25, -0.2) is 4.39 Å². The molecule has 1 amide bonds. The SMILES string of the molecule is NC1(C(=O)Nc2ccc(F)c(-c3nnc4n3CCCCC4)c2)CCCC1. The number of anilines is 1. The summed E-state index contributed by atoms with van der Waals surface area (Å²) in [5.41, 5.74) is 6.29. The molecule has 0 atom stereocenters. The minimum Gasteiger partial charge on any atom is -0.324 e. The Morgan fingerprint density at radius 3 is 2.77 bits per heavy atom. The van der Waals surface area contributed by atoms with E-state index >= 15 is 0 Å². The molecule has 0 bridgehead atoms. The molecule has 1 fully saturated rings. The lowest BCUT2D eigenvalue weighted by Crippen LogP contribution is -2.48. The maximum atomic E-state index is 14.5. The minimum absolute atomic E-state index is 0.201. The van der Waals surface area contributed by atoms with E-state index in [9.17, 15) is 9.18 Å². The van der Waals surface area contributed by atoms with Gasteiger partial charge in [0.15, 0.2) is 5.82 Å². The van der Waals surface area contributed by atoms with Crippen LogP contribution in [0.1, 0.15) is 50.8 Å². The first-order valence-corrected chi connectivity index (χ1v) is 9.39. The molecule has 7 heteroatoms. The quantitative estimate of drug-likeness (QED) is 0.884. The van der Waals surface area contributed by atoms with E-state index in [0.29, 0.717) is 29.9 Å². The maximum absolute atomic E-state index is 14.5. The smallest absolute Gasteiger partial charge is 0.244 e. The predicted molar refractivity (Wildman–Crippen MR) is 97.0 cm³/mol. The summed E-state index contributed by atoms with van der Waals surface area (Å²) in [6.07, 6.45) is 7.41. The number of halogens is 1. The summed E-state index contributed by atoms with van der Waals surface area (Å²) in [6, 6.07) is 4.56. The molecule has 0 radical (unpaired) electrons.